The van der Waals surface area contributed by atoms with Crippen LogP contribution in [0.1, 0.15) is 41.2 Å². The summed E-state index contributed by atoms with van der Waals surface area (Å²) in [5.74, 6) is -0.157. The summed E-state index contributed by atoms with van der Waals surface area (Å²) in [5.41, 5.74) is 1.32. The van der Waals surface area contributed by atoms with Crippen molar-refractivity contribution < 1.29 is 4.79 Å². The topological polar surface area (TPSA) is 79.8 Å². The van der Waals surface area contributed by atoms with Crippen LogP contribution in [0.3, 0.4) is 0 Å². The Hall–Kier alpha value is -2.89. The van der Waals surface area contributed by atoms with Gasteiger partial charge in [0.2, 0.25) is 0 Å². The summed E-state index contributed by atoms with van der Waals surface area (Å²) in [6.07, 6.45) is 8.56. The van der Waals surface area contributed by atoms with Gasteiger partial charge in [-0.05, 0) is 36.3 Å². The molecule has 24 heavy (non-hydrogen) atoms. The number of rotatable bonds is 4. The molecule has 6 nitrogen and oxygen atoms in total. The van der Waals surface area contributed by atoms with Crippen molar-refractivity contribution in [2.75, 3.05) is 0 Å². The number of aromatic nitrogens is 3. The number of carbonyl (C=O) groups excluding carboxylic acids is 1. The summed E-state index contributed by atoms with van der Waals surface area (Å²) in [5, 5.41) is 8.67. The van der Waals surface area contributed by atoms with Crippen molar-refractivity contribution in [3.8, 4) is 0 Å². The van der Waals surface area contributed by atoms with E-state index in [4.69, 9.17) is 0 Å². The number of nitrogens with zero attached hydrogens (tertiary/aromatic N) is 2. The van der Waals surface area contributed by atoms with Crippen LogP contribution in [-0.4, -0.2) is 20.7 Å². The van der Waals surface area contributed by atoms with E-state index >= 15 is 0 Å². The van der Waals surface area contributed by atoms with E-state index in [1.54, 1.807) is 18.5 Å². The van der Waals surface area contributed by atoms with Crippen LogP contribution in [0.4, 0.5) is 0 Å². The molecule has 1 aliphatic carbocycles. The van der Waals surface area contributed by atoms with Gasteiger partial charge in [0.15, 0.2) is 0 Å². The summed E-state index contributed by atoms with van der Waals surface area (Å²) >= 11 is 0. The number of hydrogen-bond acceptors (Lipinski definition) is 3. The molecule has 2 aromatic heterocycles. The summed E-state index contributed by atoms with van der Waals surface area (Å²) in [6.45, 7) is 0.352. The number of H-pyrrole nitrogens is 1. The van der Waals surface area contributed by atoms with Gasteiger partial charge < -0.3 is 10.3 Å². The Kier molecular flexibility index (Phi) is 3.65. The Morgan fingerprint density at radius 3 is 2.83 bits per heavy atom. The zero-order valence-electron chi connectivity index (χ0n) is 13.2. The fourth-order valence-electron chi connectivity index (χ4n) is 3.00. The average Bonchev–Trinajstić information content (AvgIpc) is 3.02. The molecule has 0 bridgehead atoms. The van der Waals surface area contributed by atoms with E-state index in [9.17, 15) is 9.59 Å². The second-order valence-electron chi connectivity index (χ2n) is 6.17. The molecule has 2 heterocycles. The maximum absolute atomic E-state index is 12.3. The lowest BCUT2D eigenvalue weighted by Crippen LogP contribution is -2.23. The first kappa shape index (κ1) is 14.7. The monoisotopic (exact) mass is 322 g/mol. The summed E-state index contributed by atoms with van der Waals surface area (Å²) in [6, 6.07) is 7.82. The number of nitrogens with one attached hydrogen (secondary N) is 2. The predicted molar refractivity (Wildman–Crippen MR) is 90.9 cm³/mol. The third kappa shape index (κ3) is 2.60. The number of aromatic amines is 1. The van der Waals surface area contributed by atoms with Crippen molar-refractivity contribution in [3.05, 3.63) is 64.3 Å². The van der Waals surface area contributed by atoms with Gasteiger partial charge in [0, 0.05) is 24.3 Å². The van der Waals surface area contributed by atoms with Crippen LogP contribution in [-0.2, 0) is 6.54 Å². The molecule has 4 rings (SSSR count). The molecule has 6 heteroatoms. The highest BCUT2D eigenvalue weighted by Crippen LogP contribution is 2.30. The maximum Gasteiger partial charge on any atom is 0.255 e. The van der Waals surface area contributed by atoms with Crippen LogP contribution >= 0.6 is 0 Å². The minimum atomic E-state index is -0.157. The van der Waals surface area contributed by atoms with Crippen LogP contribution in [0.25, 0.3) is 10.8 Å². The lowest BCUT2D eigenvalue weighted by molar-refractivity contribution is 0.0951. The van der Waals surface area contributed by atoms with Crippen LogP contribution in [0.5, 0.6) is 0 Å². The van der Waals surface area contributed by atoms with Gasteiger partial charge in [-0.15, -0.1) is 0 Å². The van der Waals surface area contributed by atoms with Crippen molar-refractivity contribution in [1.29, 1.82) is 0 Å². The molecule has 0 spiro atoms. The van der Waals surface area contributed by atoms with E-state index in [2.05, 4.69) is 15.4 Å². The van der Waals surface area contributed by atoms with Crippen LogP contribution < -0.4 is 10.9 Å². The Balaban J connectivity index is 1.50. The van der Waals surface area contributed by atoms with Crippen molar-refractivity contribution in [3.63, 3.8) is 0 Å². The number of hydrogen-bond donors (Lipinski definition) is 2. The summed E-state index contributed by atoms with van der Waals surface area (Å²) < 4.78 is 1.88. The quantitative estimate of drug-likeness (QED) is 0.774. The van der Waals surface area contributed by atoms with Gasteiger partial charge >= 0.3 is 0 Å². The van der Waals surface area contributed by atoms with Crippen LogP contribution in [0.2, 0.25) is 0 Å². The number of amides is 1. The second-order valence-corrected chi connectivity index (χ2v) is 6.17. The molecule has 1 fully saturated rings. The van der Waals surface area contributed by atoms with Gasteiger partial charge in [0.1, 0.15) is 0 Å². The molecule has 3 aromatic rings. The molecule has 0 aliphatic heterocycles. The van der Waals surface area contributed by atoms with Crippen molar-refractivity contribution in [2.24, 2.45) is 0 Å². The van der Waals surface area contributed by atoms with E-state index < -0.39 is 0 Å². The molecular weight excluding hydrogens is 304 g/mol. The minimum absolute atomic E-state index is 0.123. The minimum Gasteiger partial charge on any atom is -0.348 e. The van der Waals surface area contributed by atoms with Gasteiger partial charge in [-0.25, -0.2) is 0 Å². The molecule has 0 unspecified atom stereocenters. The molecule has 0 saturated heterocycles. The van der Waals surface area contributed by atoms with E-state index in [1.807, 2.05) is 29.1 Å². The van der Waals surface area contributed by atoms with Gasteiger partial charge in [0.05, 0.1) is 17.8 Å². The molecule has 1 saturated carbocycles. The second kappa shape index (κ2) is 5.96. The Morgan fingerprint density at radius 2 is 2.08 bits per heavy atom. The Bertz CT molecular complexity index is 953. The number of pyridine rings is 1. The molecule has 1 aliphatic rings. The maximum atomic E-state index is 12.3. The molecule has 0 atom stereocenters. The van der Waals surface area contributed by atoms with Crippen molar-refractivity contribution in [1.82, 2.24) is 20.1 Å². The van der Waals surface area contributed by atoms with E-state index in [1.165, 1.54) is 6.42 Å². The molecule has 0 radical (unpaired) electrons. The molecular formula is C18H18N4O2. The lowest BCUT2D eigenvalue weighted by Gasteiger charge is -2.25. The lowest BCUT2D eigenvalue weighted by atomic mass is 9.93. The molecule has 122 valence electrons. The van der Waals surface area contributed by atoms with E-state index in [0.717, 1.165) is 23.8 Å². The zero-order chi connectivity index (χ0) is 16.5. The first-order valence-electron chi connectivity index (χ1n) is 8.14. The van der Waals surface area contributed by atoms with Gasteiger partial charge in [-0.3, -0.25) is 14.3 Å². The fraction of sp³-hybridized carbons (Fsp3) is 0.278. The smallest absolute Gasteiger partial charge is 0.255 e. The Morgan fingerprint density at radius 1 is 1.29 bits per heavy atom. The SMILES string of the molecule is O=C(NCc1c[nH]c(=O)c2ccccc12)c1cnn(C2CCC2)c1. The van der Waals surface area contributed by atoms with Gasteiger partial charge in [-0.1, -0.05) is 18.2 Å². The highest BCUT2D eigenvalue weighted by atomic mass is 16.1. The first-order valence-corrected chi connectivity index (χ1v) is 8.14. The first-order chi connectivity index (χ1) is 11.7. The fourth-order valence-corrected chi connectivity index (χ4v) is 3.00. The highest BCUT2D eigenvalue weighted by molar-refractivity contribution is 5.94. The van der Waals surface area contributed by atoms with Crippen molar-refractivity contribution in [2.45, 2.75) is 31.8 Å². The highest BCUT2D eigenvalue weighted by Gasteiger charge is 2.21. The number of benzene rings is 1. The summed E-state index contributed by atoms with van der Waals surface area (Å²) in [7, 11) is 0. The van der Waals surface area contributed by atoms with E-state index in [-0.39, 0.29) is 11.5 Å². The largest absolute Gasteiger partial charge is 0.348 e. The number of carbonyl (C=O) groups is 1. The third-order valence-electron chi connectivity index (χ3n) is 4.65. The summed E-state index contributed by atoms with van der Waals surface area (Å²) in [4.78, 5) is 26.9. The van der Waals surface area contributed by atoms with Gasteiger partial charge in [-0.2, -0.15) is 5.10 Å². The zero-order valence-corrected chi connectivity index (χ0v) is 13.2. The number of fused-ring (bicyclic) bond motifs is 1. The third-order valence-corrected chi connectivity index (χ3v) is 4.65. The Labute approximate surface area is 138 Å². The van der Waals surface area contributed by atoms with Gasteiger partial charge in [0.25, 0.3) is 11.5 Å². The molecule has 2 N–H and O–H groups in total. The molecule has 1 amide bonds. The normalized spacial score (nSPS) is 14.5. The predicted octanol–water partition coefficient (Wildman–Crippen LogP) is 2.38. The van der Waals surface area contributed by atoms with Crippen LogP contribution in [0.15, 0.2) is 47.7 Å². The van der Waals surface area contributed by atoms with E-state index in [0.29, 0.717) is 23.5 Å². The van der Waals surface area contributed by atoms with Crippen LogP contribution in [0, 0.1) is 0 Å². The molecule has 1 aromatic carbocycles. The standard InChI is InChI=1S/C18H18N4O2/c23-17(13-10-21-22(11-13)14-4-3-5-14)19-8-12-9-20-18(24)16-7-2-1-6-15(12)16/h1-2,6-7,9-11,14H,3-5,8H2,(H,19,23)(H,20,24). The van der Waals surface area contributed by atoms with Crippen molar-refractivity contribution >= 4 is 16.7 Å². The average molecular weight is 322 g/mol.